The van der Waals surface area contributed by atoms with Gasteiger partial charge in [-0.2, -0.15) is 0 Å². The number of carbonyl (C=O) groups is 1. The van der Waals surface area contributed by atoms with Gasteiger partial charge in [0, 0.05) is 11.6 Å². The van der Waals surface area contributed by atoms with Crippen molar-refractivity contribution in [3.05, 3.63) is 23.8 Å². The molecule has 0 spiro atoms. The third kappa shape index (κ3) is 3.65. The average Bonchev–Trinajstić information content (AvgIpc) is 2.37. The van der Waals surface area contributed by atoms with E-state index >= 15 is 0 Å². The van der Waals surface area contributed by atoms with Crippen molar-refractivity contribution < 1.29 is 24.2 Å². The van der Waals surface area contributed by atoms with Crippen molar-refractivity contribution >= 4 is 11.7 Å². The third-order valence-electron chi connectivity index (χ3n) is 2.19. The number of hydrogen-bond donors (Lipinski definition) is 1. The van der Waals surface area contributed by atoms with Crippen LogP contribution in [-0.4, -0.2) is 37.6 Å². The fourth-order valence-corrected chi connectivity index (χ4v) is 1.33. The Hall–Kier alpha value is -2.24. The fourth-order valence-electron chi connectivity index (χ4n) is 1.33. The molecule has 1 aromatic carbocycles. The number of hydrogen-bond acceptors (Lipinski definition) is 5. The second kappa shape index (κ2) is 6.48. The number of ether oxygens (including phenoxy) is 2. The third-order valence-corrected chi connectivity index (χ3v) is 2.19. The maximum absolute atomic E-state index is 10.3. The summed E-state index contributed by atoms with van der Waals surface area (Å²) in [5.74, 6) is 0.164. The van der Waals surface area contributed by atoms with Crippen LogP contribution in [0.1, 0.15) is 12.5 Å². The number of nitrogens with zero attached hydrogens (tertiary/aromatic N) is 1. The lowest BCUT2D eigenvalue weighted by molar-refractivity contribution is -0.142. The Morgan fingerprint density at radius 3 is 2.61 bits per heavy atom. The highest BCUT2D eigenvalue weighted by molar-refractivity contribution is 6.01. The fraction of sp³-hybridized carbons (Fsp3) is 0.333. The molecule has 0 radical (unpaired) electrons. The van der Waals surface area contributed by atoms with Gasteiger partial charge >= 0.3 is 5.97 Å². The summed E-state index contributed by atoms with van der Waals surface area (Å²) in [5, 5.41) is 12.1. The molecule has 1 N–H and O–H groups in total. The zero-order valence-corrected chi connectivity index (χ0v) is 10.5. The van der Waals surface area contributed by atoms with E-state index in [1.807, 2.05) is 0 Å². The normalized spacial score (nSPS) is 10.9. The molecule has 1 aromatic rings. The smallest absolute Gasteiger partial charge is 0.344 e. The predicted octanol–water partition coefficient (Wildman–Crippen LogP) is 1.53. The molecule has 0 fully saturated rings. The summed E-state index contributed by atoms with van der Waals surface area (Å²) in [6, 6.07) is 5.24. The van der Waals surface area contributed by atoms with Crippen LogP contribution >= 0.6 is 0 Å². The summed E-state index contributed by atoms with van der Waals surface area (Å²) < 4.78 is 10.3. The highest BCUT2D eigenvalue weighted by Gasteiger charge is 2.08. The van der Waals surface area contributed by atoms with E-state index in [1.165, 1.54) is 7.11 Å². The second-order valence-corrected chi connectivity index (χ2v) is 3.41. The molecule has 0 aliphatic carbocycles. The number of benzene rings is 1. The maximum Gasteiger partial charge on any atom is 0.344 e. The lowest BCUT2D eigenvalue weighted by Crippen LogP contribution is -2.06. The van der Waals surface area contributed by atoms with Gasteiger partial charge in [-0.3, -0.25) is 0 Å². The minimum atomic E-state index is -1.08. The molecule has 0 saturated heterocycles. The average molecular weight is 253 g/mol. The molecular weight excluding hydrogens is 238 g/mol. The lowest BCUT2D eigenvalue weighted by Gasteiger charge is -2.09. The SMILES string of the molecule is COc1ccc(/C(C)=N/OCC(=O)O)c(OC)c1. The van der Waals surface area contributed by atoms with Crippen molar-refractivity contribution in [2.45, 2.75) is 6.92 Å². The lowest BCUT2D eigenvalue weighted by atomic mass is 10.1. The van der Waals surface area contributed by atoms with Crippen LogP contribution in [0.5, 0.6) is 11.5 Å². The van der Waals surface area contributed by atoms with Gasteiger partial charge in [-0.1, -0.05) is 5.16 Å². The molecule has 0 aliphatic heterocycles. The van der Waals surface area contributed by atoms with Crippen molar-refractivity contribution in [3.63, 3.8) is 0 Å². The molecule has 0 saturated carbocycles. The van der Waals surface area contributed by atoms with Crippen molar-refractivity contribution in [1.29, 1.82) is 0 Å². The van der Waals surface area contributed by atoms with Gasteiger partial charge in [-0.25, -0.2) is 4.79 Å². The molecule has 98 valence electrons. The van der Waals surface area contributed by atoms with Crippen LogP contribution in [-0.2, 0) is 9.63 Å². The first-order chi connectivity index (χ1) is 8.58. The summed E-state index contributed by atoms with van der Waals surface area (Å²) in [6.07, 6.45) is 0. The van der Waals surface area contributed by atoms with E-state index in [2.05, 4.69) is 9.99 Å². The van der Waals surface area contributed by atoms with Gasteiger partial charge in [0.15, 0.2) is 0 Å². The van der Waals surface area contributed by atoms with Gasteiger partial charge in [-0.05, 0) is 19.1 Å². The first kappa shape index (κ1) is 13.8. The summed E-state index contributed by atoms with van der Waals surface area (Å²) in [4.78, 5) is 15.0. The van der Waals surface area contributed by atoms with Gasteiger partial charge < -0.3 is 19.4 Å². The van der Waals surface area contributed by atoms with Crippen LogP contribution < -0.4 is 9.47 Å². The second-order valence-electron chi connectivity index (χ2n) is 3.41. The Labute approximate surface area is 105 Å². The number of aliphatic carboxylic acids is 1. The van der Waals surface area contributed by atoms with E-state index in [9.17, 15) is 4.79 Å². The topological polar surface area (TPSA) is 77.4 Å². The summed E-state index contributed by atoms with van der Waals surface area (Å²) in [6.45, 7) is 1.22. The Kier molecular flexibility index (Phi) is 4.98. The summed E-state index contributed by atoms with van der Waals surface area (Å²) in [7, 11) is 3.09. The highest BCUT2D eigenvalue weighted by Crippen LogP contribution is 2.25. The van der Waals surface area contributed by atoms with Crippen LogP contribution in [0.15, 0.2) is 23.4 Å². The molecular formula is C12H15NO5. The molecule has 6 heteroatoms. The van der Waals surface area contributed by atoms with Crippen LogP contribution in [0.25, 0.3) is 0 Å². The van der Waals surface area contributed by atoms with Crippen molar-refractivity contribution in [2.24, 2.45) is 5.16 Å². The molecule has 0 amide bonds. The zero-order chi connectivity index (χ0) is 13.5. The Morgan fingerprint density at radius 1 is 1.33 bits per heavy atom. The Morgan fingerprint density at radius 2 is 2.06 bits per heavy atom. The molecule has 0 heterocycles. The van der Waals surface area contributed by atoms with E-state index in [4.69, 9.17) is 14.6 Å². The van der Waals surface area contributed by atoms with Crippen LogP contribution in [0, 0.1) is 0 Å². The molecule has 18 heavy (non-hydrogen) atoms. The minimum Gasteiger partial charge on any atom is -0.497 e. The van der Waals surface area contributed by atoms with E-state index in [0.29, 0.717) is 22.8 Å². The van der Waals surface area contributed by atoms with Crippen LogP contribution in [0.2, 0.25) is 0 Å². The molecule has 0 bridgehead atoms. The molecule has 0 aromatic heterocycles. The summed E-state index contributed by atoms with van der Waals surface area (Å²) >= 11 is 0. The van der Waals surface area contributed by atoms with Crippen LogP contribution in [0.3, 0.4) is 0 Å². The highest BCUT2D eigenvalue weighted by atomic mass is 16.6. The van der Waals surface area contributed by atoms with Gasteiger partial charge in [0.05, 0.1) is 19.9 Å². The van der Waals surface area contributed by atoms with Gasteiger partial charge in [-0.15, -0.1) is 0 Å². The molecule has 0 atom stereocenters. The van der Waals surface area contributed by atoms with E-state index in [1.54, 1.807) is 32.2 Å². The van der Waals surface area contributed by atoms with Crippen molar-refractivity contribution in [1.82, 2.24) is 0 Å². The largest absolute Gasteiger partial charge is 0.497 e. The maximum atomic E-state index is 10.3. The minimum absolute atomic E-state index is 0.476. The van der Waals surface area contributed by atoms with E-state index < -0.39 is 12.6 Å². The molecule has 6 nitrogen and oxygen atoms in total. The predicted molar refractivity (Wildman–Crippen MR) is 65.3 cm³/mol. The quantitative estimate of drug-likeness (QED) is 0.614. The van der Waals surface area contributed by atoms with Gasteiger partial charge in [0.2, 0.25) is 6.61 Å². The first-order valence-electron chi connectivity index (χ1n) is 5.19. The van der Waals surface area contributed by atoms with E-state index in [-0.39, 0.29) is 0 Å². The first-order valence-corrected chi connectivity index (χ1v) is 5.19. The summed E-state index contributed by atoms with van der Waals surface area (Å²) in [5.41, 5.74) is 1.24. The monoisotopic (exact) mass is 253 g/mol. The number of carboxylic acids is 1. The van der Waals surface area contributed by atoms with Crippen molar-refractivity contribution in [2.75, 3.05) is 20.8 Å². The molecule has 0 unspecified atom stereocenters. The molecule has 1 rings (SSSR count). The number of oxime groups is 1. The number of methoxy groups -OCH3 is 2. The van der Waals surface area contributed by atoms with Crippen molar-refractivity contribution in [3.8, 4) is 11.5 Å². The van der Waals surface area contributed by atoms with Gasteiger partial charge in [0.1, 0.15) is 11.5 Å². The zero-order valence-electron chi connectivity index (χ0n) is 10.5. The van der Waals surface area contributed by atoms with Gasteiger partial charge in [0.25, 0.3) is 0 Å². The number of rotatable bonds is 6. The standard InChI is InChI=1S/C12H15NO5/c1-8(13-18-7-12(14)15)10-5-4-9(16-2)6-11(10)17-3/h4-6H,7H2,1-3H3,(H,14,15)/b13-8+. The van der Waals surface area contributed by atoms with E-state index in [0.717, 1.165) is 0 Å². The Bertz CT molecular complexity index is 456. The number of carboxylic acid groups (broad SMARTS) is 1. The Balaban J connectivity index is 2.90. The molecule has 0 aliphatic rings. The van der Waals surface area contributed by atoms with Crippen LogP contribution in [0.4, 0.5) is 0 Å².